The Morgan fingerprint density at radius 3 is 2.63 bits per heavy atom. The average molecular weight is 637 g/mol. The summed E-state index contributed by atoms with van der Waals surface area (Å²) in [5.74, 6) is 1.56. The van der Waals surface area contributed by atoms with E-state index in [2.05, 4.69) is 61.3 Å². The highest BCUT2D eigenvalue weighted by Gasteiger charge is 2.39. The van der Waals surface area contributed by atoms with Crippen molar-refractivity contribution in [2.24, 2.45) is 0 Å². The molecule has 2 atom stereocenters. The van der Waals surface area contributed by atoms with Crippen LogP contribution in [0.5, 0.6) is 5.75 Å². The number of aryl methyl sites for hydroxylation is 1. The van der Waals surface area contributed by atoms with Crippen LogP contribution in [0, 0.1) is 6.92 Å². The van der Waals surface area contributed by atoms with E-state index in [4.69, 9.17) is 25.7 Å². The average Bonchev–Trinajstić information content (AvgIpc) is 2.96. The van der Waals surface area contributed by atoms with Gasteiger partial charge in [0.15, 0.2) is 8.32 Å². The monoisotopic (exact) mass is 636 g/mol. The van der Waals surface area contributed by atoms with Gasteiger partial charge in [0, 0.05) is 40.1 Å². The number of carbonyl (C=O) groups is 1. The maximum atomic E-state index is 13.5. The van der Waals surface area contributed by atoms with Gasteiger partial charge in [-0.25, -0.2) is 9.97 Å². The molecule has 7 nitrogen and oxygen atoms in total. The number of carbonyl (C=O) groups excluding carboxylic acids is 1. The van der Waals surface area contributed by atoms with Crippen molar-refractivity contribution in [2.45, 2.75) is 88.6 Å². The summed E-state index contributed by atoms with van der Waals surface area (Å²) in [6.45, 7) is 13.5. The van der Waals surface area contributed by atoms with Crippen molar-refractivity contribution in [3.05, 3.63) is 76.0 Å². The normalized spacial score (nSPS) is 18.9. The molecule has 3 aromatic heterocycles. The van der Waals surface area contributed by atoms with E-state index in [0.29, 0.717) is 44.8 Å². The highest BCUT2D eigenvalue weighted by Crippen LogP contribution is 2.41. The number of fused-ring (bicyclic) bond motifs is 1. The first kappa shape index (κ1) is 31.7. The topological polar surface area (TPSA) is 86.2 Å². The molecular weight excluding hydrogens is 596 g/mol. The van der Waals surface area contributed by atoms with Crippen LogP contribution in [-0.2, 0) is 16.6 Å². The van der Waals surface area contributed by atoms with Gasteiger partial charge in [-0.1, -0.05) is 50.1 Å². The van der Waals surface area contributed by atoms with Gasteiger partial charge >= 0.3 is 0 Å². The molecular formula is C33H41ClN4O3SSi. The number of aromatic nitrogens is 3. The lowest BCUT2D eigenvalue weighted by Crippen LogP contribution is -2.44. The van der Waals surface area contributed by atoms with Gasteiger partial charge in [-0.15, -0.1) is 11.8 Å². The Morgan fingerprint density at radius 2 is 1.93 bits per heavy atom. The fraction of sp³-hybridized carbons (Fsp3) is 0.455. The standard InChI is InChI=1S/C33H41ClN4O3SSi/c1-20-14-24(25-16-30(34)36-18-28(25)40-5)26(17-35-20)32(39)38-31-13-10-22-15-29(42-19-27(22)37-31)21-8-11-23(12-9-21)41-43(6,7)33(2,3)4/h8,10,13-14,16-18,23,29H,9,11-12,15,19H2,1-7H3,(H,37,38,39). The number of halogens is 1. The predicted molar refractivity (Wildman–Crippen MR) is 179 cm³/mol. The molecule has 4 heterocycles. The highest BCUT2D eigenvalue weighted by atomic mass is 35.5. The number of rotatable bonds is 7. The lowest BCUT2D eigenvalue weighted by molar-refractivity contribution is 0.102. The molecule has 0 radical (unpaired) electrons. The Hall–Kier alpha value is -2.72. The smallest absolute Gasteiger partial charge is 0.259 e. The molecule has 228 valence electrons. The van der Waals surface area contributed by atoms with Crippen molar-refractivity contribution < 1.29 is 14.0 Å². The maximum absolute atomic E-state index is 13.5. The summed E-state index contributed by atoms with van der Waals surface area (Å²) in [5, 5.41) is 3.99. The van der Waals surface area contributed by atoms with Crippen LogP contribution in [0.4, 0.5) is 5.82 Å². The first-order valence-corrected chi connectivity index (χ1v) is 19.1. The molecule has 1 N–H and O–H groups in total. The Kier molecular flexibility index (Phi) is 9.37. The van der Waals surface area contributed by atoms with Crippen LogP contribution in [0.15, 0.2) is 48.3 Å². The van der Waals surface area contributed by atoms with Crippen LogP contribution in [0.2, 0.25) is 23.3 Å². The van der Waals surface area contributed by atoms with Crippen molar-refractivity contribution in [1.29, 1.82) is 0 Å². The summed E-state index contributed by atoms with van der Waals surface area (Å²) in [7, 11) is -0.196. The Balaban J connectivity index is 1.27. The summed E-state index contributed by atoms with van der Waals surface area (Å²) >= 11 is 8.14. The Labute approximate surface area is 265 Å². The summed E-state index contributed by atoms with van der Waals surface area (Å²) in [6, 6.07) is 7.55. The summed E-state index contributed by atoms with van der Waals surface area (Å²) < 4.78 is 12.2. The van der Waals surface area contributed by atoms with Gasteiger partial charge < -0.3 is 14.5 Å². The van der Waals surface area contributed by atoms with Crippen molar-refractivity contribution >= 4 is 43.4 Å². The largest absolute Gasteiger partial charge is 0.494 e. The van der Waals surface area contributed by atoms with Crippen LogP contribution in [-0.4, -0.2) is 47.6 Å². The first-order valence-electron chi connectivity index (χ1n) is 14.8. The number of thioether (sulfide) groups is 1. The second kappa shape index (κ2) is 12.7. The van der Waals surface area contributed by atoms with Crippen molar-refractivity contribution in [3.63, 3.8) is 0 Å². The first-order chi connectivity index (χ1) is 20.3. The minimum atomic E-state index is -1.76. The Bertz CT molecular complexity index is 1560. The number of anilines is 1. The molecule has 0 bridgehead atoms. The van der Waals surface area contributed by atoms with Gasteiger partial charge in [0.25, 0.3) is 5.91 Å². The van der Waals surface area contributed by atoms with E-state index in [1.54, 1.807) is 25.6 Å². The third-order valence-corrected chi connectivity index (χ3v) is 14.9. The minimum Gasteiger partial charge on any atom is -0.494 e. The van der Waals surface area contributed by atoms with E-state index in [1.165, 1.54) is 11.1 Å². The van der Waals surface area contributed by atoms with Gasteiger partial charge in [-0.3, -0.25) is 9.78 Å². The van der Waals surface area contributed by atoms with Gasteiger partial charge in [0.1, 0.15) is 16.7 Å². The van der Waals surface area contributed by atoms with Crippen LogP contribution in [0.1, 0.15) is 67.3 Å². The minimum absolute atomic E-state index is 0.228. The SMILES string of the molecule is COc1cnc(Cl)cc1-c1cc(C)ncc1C(=O)Nc1ccc2c(n1)CSC(C1=CCC(O[Si](C)(C)C(C)(C)C)CC1)C2. The van der Waals surface area contributed by atoms with Crippen LogP contribution in [0.3, 0.4) is 0 Å². The van der Waals surface area contributed by atoms with E-state index in [-0.39, 0.29) is 10.9 Å². The van der Waals surface area contributed by atoms with E-state index >= 15 is 0 Å². The van der Waals surface area contributed by atoms with Gasteiger partial charge in [-0.2, -0.15) is 0 Å². The van der Waals surface area contributed by atoms with Crippen molar-refractivity contribution in [1.82, 2.24) is 15.0 Å². The zero-order valence-corrected chi connectivity index (χ0v) is 28.7. The molecule has 3 aromatic rings. The zero-order valence-electron chi connectivity index (χ0n) is 26.1. The van der Waals surface area contributed by atoms with E-state index in [1.807, 2.05) is 30.8 Å². The molecule has 5 rings (SSSR count). The quantitative estimate of drug-likeness (QED) is 0.158. The molecule has 0 saturated heterocycles. The van der Waals surface area contributed by atoms with E-state index in [0.717, 1.165) is 42.8 Å². The number of hydrogen-bond acceptors (Lipinski definition) is 7. The second-order valence-corrected chi connectivity index (χ2v) is 19.2. The molecule has 43 heavy (non-hydrogen) atoms. The summed E-state index contributed by atoms with van der Waals surface area (Å²) in [5.41, 5.74) is 6.32. The molecule has 0 fully saturated rings. The van der Waals surface area contributed by atoms with Crippen LogP contribution >= 0.6 is 23.4 Å². The fourth-order valence-electron chi connectivity index (χ4n) is 5.35. The maximum Gasteiger partial charge on any atom is 0.259 e. The number of nitrogens with one attached hydrogen (secondary N) is 1. The molecule has 2 aliphatic rings. The molecule has 1 aliphatic carbocycles. The number of hydrogen-bond donors (Lipinski definition) is 1. The predicted octanol–water partition coefficient (Wildman–Crippen LogP) is 8.42. The molecule has 0 aromatic carbocycles. The third kappa shape index (κ3) is 7.17. The number of ether oxygens (including phenoxy) is 1. The fourth-order valence-corrected chi connectivity index (χ4v) is 8.24. The lowest BCUT2D eigenvalue weighted by Gasteiger charge is -2.40. The van der Waals surface area contributed by atoms with Gasteiger partial charge in [0.05, 0.1) is 24.6 Å². The molecule has 2 unspecified atom stereocenters. The summed E-state index contributed by atoms with van der Waals surface area (Å²) in [6.07, 6.45) is 10.0. The van der Waals surface area contributed by atoms with Crippen molar-refractivity contribution in [3.8, 4) is 16.9 Å². The van der Waals surface area contributed by atoms with Crippen molar-refractivity contribution in [2.75, 3.05) is 12.4 Å². The lowest BCUT2D eigenvalue weighted by atomic mass is 9.92. The molecule has 1 aliphatic heterocycles. The number of pyridine rings is 3. The zero-order chi connectivity index (χ0) is 30.9. The molecule has 10 heteroatoms. The number of nitrogens with zero attached hydrogens (tertiary/aromatic N) is 3. The van der Waals surface area contributed by atoms with Gasteiger partial charge in [-0.05, 0) is 74.5 Å². The molecule has 1 amide bonds. The van der Waals surface area contributed by atoms with E-state index in [9.17, 15) is 4.79 Å². The molecule has 0 spiro atoms. The highest BCUT2D eigenvalue weighted by molar-refractivity contribution is 7.99. The summed E-state index contributed by atoms with van der Waals surface area (Å²) in [4.78, 5) is 26.8. The van der Waals surface area contributed by atoms with Gasteiger partial charge in [0.2, 0.25) is 0 Å². The Morgan fingerprint density at radius 1 is 1.14 bits per heavy atom. The third-order valence-electron chi connectivity index (χ3n) is 8.85. The number of methoxy groups -OCH3 is 1. The molecule has 0 saturated carbocycles. The number of amides is 1. The van der Waals surface area contributed by atoms with Crippen LogP contribution in [0.25, 0.3) is 11.1 Å². The van der Waals surface area contributed by atoms with E-state index < -0.39 is 8.32 Å². The van der Waals surface area contributed by atoms with Crippen LogP contribution < -0.4 is 10.1 Å². The second-order valence-electron chi connectivity index (χ2n) is 12.9.